The van der Waals surface area contributed by atoms with Crippen LogP contribution in [0.2, 0.25) is 0 Å². The van der Waals surface area contributed by atoms with E-state index in [1.807, 2.05) is 6.92 Å². The van der Waals surface area contributed by atoms with E-state index < -0.39 is 17.4 Å². The average Bonchev–Trinajstić information content (AvgIpc) is 2.73. The van der Waals surface area contributed by atoms with Gasteiger partial charge in [-0.2, -0.15) is 5.10 Å². The standard InChI is InChI=1S/C13H12F2N2O/c1-3-11-9(7-17(2)16-11)13(18)8-5-4-6-10(14)12(8)15/h4-7H,3H2,1-2H3. The monoisotopic (exact) mass is 250 g/mol. The number of carbonyl (C=O) groups excluding carboxylic acids is 1. The minimum atomic E-state index is -1.12. The second kappa shape index (κ2) is 4.68. The number of ketones is 1. The molecule has 2 rings (SSSR count). The van der Waals surface area contributed by atoms with Gasteiger partial charge in [0.25, 0.3) is 0 Å². The summed E-state index contributed by atoms with van der Waals surface area (Å²) in [7, 11) is 1.68. The number of halogens is 2. The molecule has 5 heteroatoms. The third-order valence-electron chi connectivity index (χ3n) is 2.68. The molecule has 1 aromatic carbocycles. The Kier molecular flexibility index (Phi) is 3.23. The van der Waals surface area contributed by atoms with E-state index in [1.165, 1.54) is 23.0 Å². The lowest BCUT2D eigenvalue weighted by molar-refractivity contribution is 0.103. The number of rotatable bonds is 3. The summed E-state index contributed by atoms with van der Waals surface area (Å²) in [5, 5.41) is 4.11. The van der Waals surface area contributed by atoms with Crippen LogP contribution in [-0.4, -0.2) is 15.6 Å². The fourth-order valence-corrected chi connectivity index (χ4v) is 1.81. The Labute approximate surface area is 103 Å². The normalized spacial score (nSPS) is 10.7. The molecular weight excluding hydrogens is 238 g/mol. The van der Waals surface area contributed by atoms with E-state index in [4.69, 9.17) is 0 Å². The van der Waals surface area contributed by atoms with Gasteiger partial charge in [-0.1, -0.05) is 13.0 Å². The highest BCUT2D eigenvalue weighted by molar-refractivity contribution is 6.09. The molecule has 0 amide bonds. The number of hydrogen-bond donors (Lipinski definition) is 0. The van der Waals surface area contributed by atoms with Crippen LogP contribution in [0.1, 0.15) is 28.5 Å². The first-order valence-electron chi connectivity index (χ1n) is 5.55. The molecule has 0 atom stereocenters. The minimum absolute atomic E-state index is 0.266. The van der Waals surface area contributed by atoms with Crippen molar-refractivity contribution in [3.05, 3.63) is 52.9 Å². The highest BCUT2D eigenvalue weighted by Crippen LogP contribution is 2.18. The topological polar surface area (TPSA) is 34.9 Å². The molecule has 0 aliphatic heterocycles. The second-order valence-corrected chi connectivity index (χ2v) is 3.95. The van der Waals surface area contributed by atoms with Gasteiger partial charge in [-0.25, -0.2) is 8.78 Å². The van der Waals surface area contributed by atoms with Crippen LogP contribution in [0, 0.1) is 11.6 Å². The maximum absolute atomic E-state index is 13.6. The van der Waals surface area contributed by atoms with Crippen LogP contribution < -0.4 is 0 Å². The third kappa shape index (κ3) is 2.03. The Morgan fingerprint density at radius 1 is 1.33 bits per heavy atom. The molecule has 0 spiro atoms. The van der Waals surface area contributed by atoms with Crippen molar-refractivity contribution in [2.45, 2.75) is 13.3 Å². The summed E-state index contributed by atoms with van der Waals surface area (Å²) >= 11 is 0. The summed E-state index contributed by atoms with van der Waals surface area (Å²) in [5.74, 6) is -2.69. The molecule has 1 aromatic heterocycles. The van der Waals surface area contributed by atoms with Gasteiger partial charge >= 0.3 is 0 Å². The van der Waals surface area contributed by atoms with Crippen LogP contribution >= 0.6 is 0 Å². The zero-order chi connectivity index (χ0) is 13.3. The number of aromatic nitrogens is 2. The SMILES string of the molecule is CCc1nn(C)cc1C(=O)c1cccc(F)c1F. The number of benzene rings is 1. The lowest BCUT2D eigenvalue weighted by atomic mass is 10.0. The molecule has 0 radical (unpaired) electrons. The van der Waals surface area contributed by atoms with E-state index in [2.05, 4.69) is 5.10 Å². The number of nitrogens with zero attached hydrogens (tertiary/aromatic N) is 2. The first-order valence-corrected chi connectivity index (χ1v) is 5.55. The molecule has 0 bridgehead atoms. The van der Waals surface area contributed by atoms with Crippen LogP contribution in [0.5, 0.6) is 0 Å². The Bertz CT molecular complexity index is 605. The molecule has 0 N–H and O–H groups in total. The maximum Gasteiger partial charge on any atom is 0.199 e. The van der Waals surface area contributed by atoms with E-state index in [0.29, 0.717) is 17.7 Å². The van der Waals surface area contributed by atoms with Crippen molar-refractivity contribution in [2.75, 3.05) is 0 Å². The summed E-state index contributed by atoms with van der Waals surface area (Å²) in [5.41, 5.74) is 0.619. The quantitative estimate of drug-likeness (QED) is 0.784. The van der Waals surface area contributed by atoms with Crippen LogP contribution in [0.25, 0.3) is 0 Å². The molecule has 0 saturated heterocycles. The van der Waals surface area contributed by atoms with E-state index in [1.54, 1.807) is 7.05 Å². The predicted molar refractivity (Wildman–Crippen MR) is 62.4 cm³/mol. The highest BCUT2D eigenvalue weighted by Gasteiger charge is 2.20. The summed E-state index contributed by atoms with van der Waals surface area (Å²) in [6.45, 7) is 1.85. The van der Waals surface area contributed by atoms with Crippen molar-refractivity contribution in [1.82, 2.24) is 9.78 Å². The van der Waals surface area contributed by atoms with Gasteiger partial charge in [-0.15, -0.1) is 0 Å². The Balaban J connectivity index is 2.51. The van der Waals surface area contributed by atoms with E-state index >= 15 is 0 Å². The lowest BCUT2D eigenvalue weighted by Gasteiger charge is -2.02. The molecule has 3 nitrogen and oxygen atoms in total. The maximum atomic E-state index is 13.6. The number of aryl methyl sites for hydroxylation is 2. The Hall–Kier alpha value is -2.04. The first-order chi connectivity index (χ1) is 8.54. The third-order valence-corrected chi connectivity index (χ3v) is 2.68. The highest BCUT2D eigenvalue weighted by atomic mass is 19.2. The van der Waals surface area contributed by atoms with Crippen LogP contribution in [0.3, 0.4) is 0 Å². The van der Waals surface area contributed by atoms with Crippen LogP contribution in [-0.2, 0) is 13.5 Å². The molecule has 18 heavy (non-hydrogen) atoms. The smallest absolute Gasteiger partial charge is 0.199 e. The summed E-state index contributed by atoms with van der Waals surface area (Å²) in [6.07, 6.45) is 2.07. The van der Waals surface area contributed by atoms with Gasteiger partial charge in [-0.05, 0) is 18.6 Å². The fourth-order valence-electron chi connectivity index (χ4n) is 1.81. The molecule has 1 heterocycles. The zero-order valence-electron chi connectivity index (χ0n) is 10.1. The van der Waals surface area contributed by atoms with Gasteiger partial charge in [0.15, 0.2) is 17.4 Å². The van der Waals surface area contributed by atoms with Gasteiger partial charge in [0.1, 0.15) is 0 Å². The van der Waals surface area contributed by atoms with E-state index in [0.717, 1.165) is 6.07 Å². The Morgan fingerprint density at radius 3 is 2.72 bits per heavy atom. The van der Waals surface area contributed by atoms with E-state index in [9.17, 15) is 13.6 Å². The average molecular weight is 250 g/mol. The fraction of sp³-hybridized carbons (Fsp3) is 0.231. The van der Waals surface area contributed by atoms with Crippen molar-refractivity contribution in [3.63, 3.8) is 0 Å². The van der Waals surface area contributed by atoms with Crippen LogP contribution in [0.4, 0.5) is 8.78 Å². The Morgan fingerprint density at radius 2 is 2.06 bits per heavy atom. The molecule has 0 fully saturated rings. The predicted octanol–water partition coefficient (Wildman–Crippen LogP) is 2.49. The summed E-state index contributed by atoms with van der Waals surface area (Å²) in [4.78, 5) is 12.2. The molecule has 0 unspecified atom stereocenters. The molecule has 0 aliphatic carbocycles. The first kappa shape index (κ1) is 12.4. The summed E-state index contributed by atoms with van der Waals surface area (Å²) < 4.78 is 28.1. The van der Waals surface area contributed by atoms with Crippen molar-refractivity contribution in [1.29, 1.82) is 0 Å². The lowest BCUT2D eigenvalue weighted by Crippen LogP contribution is -2.07. The molecule has 0 saturated carbocycles. The molecule has 94 valence electrons. The number of hydrogen-bond acceptors (Lipinski definition) is 2. The van der Waals surface area contributed by atoms with Crippen LogP contribution in [0.15, 0.2) is 24.4 Å². The molecular formula is C13H12F2N2O. The largest absolute Gasteiger partial charge is 0.288 e. The van der Waals surface area contributed by atoms with Gasteiger partial charge in [0.2, 0.25) is 0 Å². The van der Waals surface area contributed by atoms with Crippen molar-refractivity contribution in [2.24, 2.45) is 7.05 Å². The minimum Gasteiger partial charge on any atom is -0.288 e. The second-order valence-electron chi connectivity index (χ2n) is 3.95. The van der Waals surface area contributed by atoms with Gasteiger partial charge in [0.05, 0.1) is 16.8 Å². The van der Waals surface area contributed by atoms with Gasteiger partial charge in [0, 0.05) is 13.2 Å². The number of carbonyl (C=O) groups is 1. The van der Waals surface area contributed by atoms with Crippen molar-refractivity contribution in [3.8, 4) is 0 Å². The summed E-state index contributed by atoms with van der Waals surface area (Å²) in [6, 6.07) is 3.57. The molecule has 2 aromatic rings. The van der Waals surface area contributed by atoms with Gasteiger partial charge in [-0.3, -0.25) is 9.48 Å². The molecule has 0 aliphatic rings. The van der Waals surface area contributed by atoms with Crippen molar-refractivity contribution < 1.29 is 13.6 Å². The van der Waals surface area contributed by atoms with E-state index in [-0.39, 0.29) is 5.56 Å². The zero-order valence-corrected chi connectivity index (χ0v) is 10.1. The van der Waals surface area contributed by atoms with Gasteiger partial charge < -0.3 is 0 Å². The van der Waals surface area contributed by atoms with Crippen molar-refractivity contribution >= 4 is 5.78 Å².